The Labute approximate surface area is 163 Å². The number of non-ortho nitro benzene ring substituents is 1. The molecule has 7 heteroatoms. The van der Waals surface area contributed by atoms with Crippen molar-refractivity contribution in [3.63, 3.8) is 0 Å². The smallest absolute Gasteiger partial charge is 0.270 e. The first-order valence-electron chi connectivity index (χ1n) is 9.20. The zero-order valence-electron chi connectivity index (χ0n) is 15.5. The highest BCUT2D eigenvalue weighted by atomic mass is 16.6. The summed E-state index contributed by atoms with van der Waals surface area (Å²) in [5.74, 6) is -0.242. The van der Waals surface area contributed by atoms with Gasteiger partial charge in [-0.25, -0.2) is 0 Å². The van der Waals surface area contributed by atoms with Gasteiger partial charge in [0.2, 0.25) is 5.91 Å². The van der Waals surface area contributed by atoms with Crippen molar-refractivity contribution in [1.29, 1.82) is 0 Å². The van der Waals surface area contributed by atoms with Crippen molar-refractivity contribution in [2.75, 3.05) is 32.8 Å². The molecule has 1 amide bonds. The second-order valence-corrected chi connectivity index (χ2v) is 6.57. The molecule has 1 heterocycles. The largest absolute Gasteiger partial charge is 0.379 e. The van der Waals surface area contributed by atoms with Gasteiger partial charge in [0.05, 0.1) is 24.2 Å². The van der Waals surface area contributed by atoms with Gasteiger partial charge in [-0.15, -0.1) is 0 Å². The molecule has 0 aromatic heterocycles. The van der Waals surface area contributed by atoms with Gasteiger partial charge in [0.1, 0.15) is 0 Å². The van der Waals surface area contributed by atoms with Gasteiger partial charge in [0.15, 0.2) is 0 Å². The van der Waals surface area contributed by atoms with Crippen LogP contribution in [0.4, 0.5) is 5.69 Å². The number of benzene rings is 2. The van der Waals surface area contributed by atoms with E-state index in [4.69, 9.17) is 4.74 Å². The molecule has 2 aromatic carbocycles. The summed E-state index contributed by atoms with van der Waals surface area (Å²) in [5, 5.41) is 13.9. The van der Waals surface area contributed by atoms with Crippen LogP contribution < -0.4 is 5.32 Å². The van der Waals surface area contributed by atoms with E-state index < -0.39 is 4.92 Å². The lowest BCUT2D eigenvalue weighted by atomic mass is 10.1. The van der Waals surface area contributed by atoms with Gasteiger partial charge in [-0.1, -0.05) is 42.5 Å². The molecule has 7 nitrogen and oxygen atoms in total. The molecule has 0 bridgehead atoms. The molecule has 28 heavy (non-hydrogen) atoms. The second kappa shape index (κ2) is 9.77. The molecule has 146 valence electrons. The van der Waals surface area contributed by atoms with Crippen molar-refractivity contribution >= 4 is 17.7 Å². The Balaban J connectivity index is 1.68. The molecule has 0 saturated carbocycles. The Morgan fingerprint density at radius 2 is 1.93 bits per heavy atom. The Kier molecular flexibility index (Phi) is 6.89. The van der Waals surface area contributed by atoms with Crippen molar-refractivity contribution in [3.05, 3.63) is 81.9 Å². The number of morpholine rings is 1. The average Bonchev–Trinajstić information content (AvgIpc) is 2.73. The van der Waals surface area contributed by atoms with Crippen LogP contribution in [0.15, 0.2) is 60.7 Å². The number of nitrogens with zero attached hydrogens (tertiary/aromatic N) is 2. The minimum absolute atomic E-state index is 0.00274. The molecule has 1 atom stereocenters. The molecule has 1 aliphatic heterocycles. The summed E-state index contributed by atoms with van der Waals surface area (Å²) in [6, 6.07) is 15.9. The predicted octanol–water partition coefficient (Wildman–Crippen LogP) is 2.80. The second-order valence-electron chi connectivity index (χ2n) is 6.57. The third kappa shape index (κ3) is 5.73. The zero-order valence-corrected chi connectivity index (χ0v) is 15.5. The molecule has 0 spiro atoms. The number of carbonyl (C=O) groups is 1. The summed E-state index contributed by atoms with van der Waals surface area (Å²) in [5.41, 5.74) is 1.64. The average molecular weight is 381 g/mol. The summed E-state index contributed by atoms with van der Waals surface area (Å²) in [6.07, 6.45) is 2.99. The first-order chi connectivity index (χ1) is 13.6. The molecule has 1 saturated heterocycles. The molecule has 1 N–H and O–H groups in total. The Morgan fingerprint density at radius 1 is 1.18 bits per heavy atom. The summed E-state index contributed by atoms with van der Waals surface area (Å²) in [6.45, 7) is 3.76. The fraction of sp³-hybridized carbons (Fsp3) is 0.286. The standard InChI is InChI=1S/C21H23N3O4/c25-21(10-9-17-5-4-8-19(15-17)24(26)27)22-20(18-6-2-1-3-7-18)16-23-11-13-28-14-12-23/h1-10,15,20H,11-14,16H2,(H,22,25)/b10-9+/t20-/m1/s1. The van der Waals surface area contributed by atoms with Crippen LogP contribution in [0, 0.1) is 10.1 Å². The van der Waals surface area contributed by atoms with E-state index >= 15 is 0 Å². The number of hydrogen-bond donors (Lipinski definition) is 1. The van der Waals surface area contributed by atoms with Crippen molar-refractivity contribution in [3.8, 4) is 0 Å². The maximum atomic E-state index is 12.5. The summed E-state index contributed by atoms with van der Waals surface area (Å²) >= 11 is 0. The van der Waals surface area contributed by atoms with Gasteiger partial charge in [-0.3, -0.25) is 19.8 Å². The number of hydrogen-bond acceptors (Lipinski definition) is 5. The fourth-order valence-corrected chi connectivity index (χ4v) is 3.10. The van der Waals surface area contributed by atoms with Gasteiger partial charge in [-0.05, 0) is 17.2 Å². The number of ether oxygens (including phenoxy) is 1. The normalized spacial score (nSPS) is 16.0. The molecular weight excluding hydrogens is 358 g/mol. The minimum Gasteiger partial charge on any atom is -0.379 e. The highest BCUT2D eigenvalue weighted by Gasteiger charge is 2.19. The van der Waals surface area contributed by atoms with Crippen LogP contribution in [-0.2, 0) is 9.53 Å². The molecule has 1 aliphatic rings. The summed E-state index contributed by atoms with van der Waals surface area (Å²) in [7, 11) is 0. The molecule has 2 aromatic rings. The Morgan fingerprint density at radius 3 is 2.64 bits per heavy atom. The van der Waals surface area contributed by atoms with E-state index in [1.807, 2.05) is 30.3 Å². The van der Waals surface area contributed by atoms with Crippen LogP contribution in [0.25, 0.3) is 6.08 Å². The lowest BCUT2D eigenvalue weighted by Gasteiger charge is -2.31. The number of carbonyl (C=O) groups excluding carboxylic acids is 1. The molecule has 0 aliphatic carbocycles. The van der Waals surface area contributed by atoms with Crippen molar-refractivity contribution in [2.24, 2.45) is 0 Å². The van der Waals surface area contributed by atoms with Crippen LogP contribution in [-0.4, -0.2) is 48.6 Å². The number of rotatable bonds is 7. The summed E-state index contributed by atoms with van der Waals surface area (Å²) < 4.78 is 5.39. The van der Waals surface area contributed by atoms with Gasteiger partial charge in [-0.2, -0.15) is 0 Å². The zero-order chi connectivity index (χ0) is 19.8. The van der Waals surface area contributed by atoms with Crippen LogP contribution in [0.5, 0.6) is 0 Å². The molecular formula is C21H23N3O4. The van der Waals surface area contributed by atoms with Crippen LogP contribution in [0.3, 0.4) is 0 Å². The molecule has 3 rings (SSSR count). The lowest BCUT2D eigenvalue weighted by molar-refractivity contribution is -0.384. The number of nitrogens with one attached hydrogen (secondary N) is 1. The van der Waals surface area contributed by atoms with E-state index in [0.29, 0.717) is 25.3 Å². The monoisotopic (exact) mass is 381 g/mol. The topological polar surface area (TPSA) is 84.7 Å². The highest BCUT2D eigenvalue weighted by Crippen LogP contribution is 2.16. The van der Waals surface area contributed by atoms with Crippen molar-refractivity contribution in [2.45, 2.75) is 6.04 Å². The number of amides is 1. The van der Waals surface area contributed by atoms with E-state index in [9.17, 15) is 14.9 Å². The van der Waals surface area contributed by atoms with E-state index in [-0.39, 0.29) is 17.6 Å². The molecule has 0 radical (unpaired) electrons. The Hall–Kier alpha value is -3.03. The van der Waals surface area contributed by atoms with Crippen LogP contribution in [0.2, 0.25) is 0 Å². The van der Waals surface area contributed by atoms with Gasteiger partial charge < -0.3 is 10.1 Å². The molecule has 0 unspecified atom stereocenters. The van der Waals surface area contributed by atoms with E-state index in [1.54, 1.807) is 18.2 Å². The van der Waals surface area contributed by atoms with Gasteiger partial charge in [0.25, 0.3) is 5.69 Å². The Bertz CT molecular complexity index is 833. The quantitative estimate of drug-likeness (QED) is 0.453. The van der Waals surface area contributed by atoms with Gasteiger partial charge in [0, 0.05) is 37.8 Å². The number of nitro benzene ring substituents is 1. The van der Waals surface area contributed by atoms with E-state index in [1.165, 1.54) is 18.2 Å². The first kappa shape index (κ1) is 19.7. The number of nitro groups is 1. The minimum atomic E-state index is -0.453. The van der Waals surface area contributed by atoms with Crippen molar-refractivity contribution < 1.29 is 14.5 Å². The maximum Gasteiger partial charge on any atom is 0.270 e. The van der Waals surface area contributed by atoms with E-state index in [0.717, 1.165) is 18.7 Å². The third-order valence-corrected chi connectivity index (χ3v) is 4.57. The first-order valence-corrected chi connectivity index (χ1v) is 9.20. The maximum absolute atomic E-state index is 12.5. The van der Waals surface area contributed by atoms with Gasteiger partial charge >= 0.3 is 0 Å². The van der Waals surface area contributed by atoms with Crippen molar-refractivity contribution in [1.82, 2.24) is 10.2 Å². The SMILES string of the molecule is O=C(/C=C/c1cccc([N+](=O)[O-])c1)N[C@H](CN1CCOCC1)c1ccccc1. The van der Waals surface area contributed by atoms with Crippen LogP contribution >= 0.6 is 0 Å². The predicted molar refractivity (Wildman–Crippen MR) is 107 cm³/mol. The lowest BCUT2D eigenvalue weighted by Crippen LogP contribution is -2.42. The highest BCUT2D eigenvalue weighted by molar-refractivity contribution is 5.92. The van der Waals surface area contributed by atoms with E-state index in [2.05, 4.69) is 10.2 Å². The third-order valence-electron chi connectivity index (χ3n) is 4.57. The van der Waals surface area contributed by atoms with Crippen LogP contribution in [0.1, 0.15) is 17.2 Å². The molecule has 1 fully saturated rings. The fourth-order valence-electron chi connectivity index (χ4n) is 3.10. The summed E-state index contributed by atoms with van der Waals surface area (Å²) in [4.78, 5) is 25.2.